The summed E-state index contributed by atoms with van der Waals surface area (Å²) in [5, 5.41) is 14.3. The lowest BCUT2D eigenvalue weighted by Crippen LogP contribution is -2.61. The van der Waals surface area contributed by atoms with E-state index in [1.807, 2.05) is 45.0 Å². The average molecular weight is 720 g/mol. The van der Waals surface area contributed by atoms with Crippen LogP contribution in [0.3, 0.4) is 0 Å². The predicted molar refractivity (Wildman–Crippen MR) is 197 cm³/mol. The minimum absolute atomic E-state index is 0.00795. The Labute approximate surface area is 307 Å². The van der Waals surface area contributed by atoms with Gasteiger partial charge in [0.25, 0.3) is 5.91 Å². The Morgan fingerprint density at radius 1 is 1.06 bits per heavy atom. The number of nitrogens with zero attached hydrogens (tertiary/aromatic N) is 2. The summed E-state index contributed by atoms with van der Waals surface area (Å²) in [5.74, 6) is -2.62. The van der Waals surface area contributed by atoms with Crippen molar-refractivity contribution in [2.45, 2.75) is 97.3 Å². The molecular formula is C39H57N7O6. The zero-order chi connectivity index (χ0) is 37.7. The molecule has 5 N–H and O–H groups in total. The molecule has 2 heterocycles. The van der Waals surface area contributed by atoms with Gasteiger partial charge in [0, 0.05) is 32.7 Å². The molecule has 1 saturated carbocycles. The van der Waals surface area contributed by atoms with Gasteiger partial charge < -0.3 is 36.4 Å². The Morgan fingerprint density at radius 2 is 1.75 bits per heavy atom. The third-order valence-electron chi connectivity index (χ3n) is 11.7. The highest BCUT2D eigenvalue weighted by molar-refractivity contribution is 6.38. The first-order valence-corrected chi connectivity index (χ1v) is 19.0. The van der Waals surface area contributed by atoms with Gasteiger partial charge in [0.15, 0.2) is 0 Å². The molecule has 1 aromatic rings. The fourth-order valence-corrected chi connectivity index (χ4v) is 8.41. The number of carbonyl (C=O) groups excluding carboxylic acids is 6. The molecule has 5 rings (SSSR count). The van der Waals surface area contributed by atoms with Gasteiger partial charge in [-0.1, -0.05) is 77.8 Å². The smallest absolute Gasteiger partial charge is 0.317 e. The Bertz CT molecular complexity index is 1520. The zero-order valence-electron chi connectivity index (χ0n) is 31.3. The molecule has 3 fully saturated rings. The number of ketones is 1. The number of likely N-dealkylation sites (tertiary alicyclic amines) is 1. The lowest BCUT2D eigenvalue weighted by atomic mass is 9.93. The fraction of sp³-hybridized carbons (Fsp3) is 0.641. The van der Waals surface area contributed by atoms with E-state index in [0.717, 1.165) is 24.0 Å². The van der Waals surface area contributed by atoms with Crippen LogP contribution in [-0.2, 0) is 32.0 Å². The number of urea groups is 2. The monoisotopic (exact) mass is 719 g/mol. The van der Waals surface area contributed by atoms with Gasteiger partial charge in [-0.05, 0) is 65.9 Å². The molecule has 2 aliphatic carbocycles. The summed E-state index contributed by atoms with van der Waals surface area (Å²) in [7, 11) is 0. The molecule has 13 heteroatoms. The number of rotatable bonds is 16. The van der Waals surface area contributed by atoms with Crippen LogP contribution >= 0.6 is 0 Å². The first kappa shape index (κ1) is 38.8. The highest BCUT2D eigenvalue weighted by atomic mass is 16.2. The Hall–Kier alpha value is -4.42. The number of amides is 7. The van der Waals surface area contributed by atoms with Crippen LogP contribution in [0.4, 0.5) is 9.59 Å². The van der Waals surface area contributed by atoms with Crippen LogP contribution in [0, 0.1) is 29.1 Å². The van der Waals surface area contributed by atoms with Crippen molar-refractivity contribution in [1.29, 1.82) is 0 Å². The van der Waals surface area contributed by atoms with Crippen LogP contribution in [-0.4, -0.2) is 102 Å². The number of Topliss-reactive ketones (excluding diaryl/α,β-unsaturated/α-hetero) is 1. The first-order valence-electron chi connectivity index (χ1n) is 19.0. The normalized spacial score (nSPS) is 23.4. The van der Waals surface area contributed by atoms with E-state index in [1.54, 1.807) is 9.80 Å². The van der Waals surface area contributed by atoms with Crippen LogP contribution < -0.4 is 26.6 Å². The summed E-state index contributed by atoms with van der Waals surface area (Å²) < 4.78 is 0. The topological polar surface area (TPSA) is 169 Å². The van der Waals surface area contributed by atoms with E-state index in [4.69, 9.17) is 0 Å². The quantitative estimate of drug-likeness (QED) is 0.130. The van der Waals surface area contributed by atoms with E-state index in [9.17, 15) is 28.8 Å². The summed E-state index contributed by atoms with van der Waals surface area (Å²) in [6, 6.07) is 4.15. The molecule has 2 saturated heterocycles. The minimum atomic E-state index is -1.03. The molecule has 0 radical (unpaired) electrons. The number of unbranched alkanes of at least 4 members (excludes halogenated alkanes) is 1. The molecule has 1 aromatic carbocycles. The number of nitrogens with one attached hydrogen (secondary N) is 5. The Morgan fingerprint density at radius 3 is 2.37 bits per heavy atom. The van der Waals surface area contributed by atoms with Gasteiger partial charge in [0.05, 0.1) is 12.1 Å². The van der Waals surface area contributed by atoms with Crippen LogP contribution in [0.1, 0.15) is 71.4 Å². The number of carbonyl (C=O) groups is 6. The third kappa shape index (κ3) is 8.44. The van der Waals surface area contributed by atoms with Gasteiger partial charge in [0.1, 0.15) is 12.1 Å². The van der Waals surface area contributed by atoms with Crippen molar-refractivity contribution in [1.82, 2.24) is 36.4 Å². The van der Waals surface area contributed by atoms with Crippen molar-refractivity contribution in [3.63, 3.8) is 0 Å². The van der Waals surface area contributed by atoms with Crippen LogP contribution in [0.5, 0.6) is 0 Å². The van der Waals surface area contributed by atoms with E-state index in [-0.39, 0.29) is 53.6 Å². The van der Waals surface area contributed by atoms with E-state index >= 15 is 0 Å². The second-order valence-corrected chi connectivity index (χ2v) is 15.9. The summed E-state index contributed by atoms with van der Waals surface area (Å²) >= 11 is 0. The largest absolute Gasteiger partial charge is 0.346 e. The predicted octanol–water partition coefficient (Wildman–Crippen LogP) is 2.54. The van der Waals surface area contributed by atoms with Gasteiger partial charge in [0.2, 0.25) is 17.6 Å². The SMILES string of the molecule is C=CCNC(=O)C(=O)C(CCCC)NC(=O)[C@@H]1[C@@H]2[C@H](CN1C(=O)[C@@H](NC(=O)N[C@H](CN1CCCNC1=O)C(C)C)C1Cc3ccccc3C1)C2(C)C. The molecule has 4 aliphatic rings. The van der Waals surface area contributed by atoms with Crippen molar-refractivity contribution >= 4 is 35.6 Å². The van der Waals surface area contributed by atoms with Crippen molar-refractivity contribution in [3.05, 3.63) is 48.0 Å². The molecule has 2 aliphatic heterocycles. The number of hydrogen-bond acceptors (Lipinski definition) is 6. The molecule has 0 bridgehead atoms. The first-order chi connectivity index (χ1) is 24.8. The average Bonchev–Trinajstić information content (AvgIpc) is 3.47. The zero-order valence-corrected chi connectivity index (χ0v) is 31.3. The minimum Gasteiger partial charge on any atom is -0.346 e. The maximum atomic E-state index is 14.8. The second-order valence-electron chi connectivity index (χ2n) is 15.9. The lowest BCUT2D eigenvalue weighted by molar-refractivity contribution is -0.144. The fourth-order valence-electron chi connectivity index (χ4n) is 8.41. The molecule has 1 unspecified atom stereocenters. The number of benzene rings is 1. The van der Waals surface area contributed by atoms with Crippen molar-refractivity contribution in [2.75, 3.05) is 32.7 Å². The highest BCUT2D eigenvalue weighted by Crippen LogP contribution is 2.65. The second kappa shape index (κ2) is 16.5. The molecule has 7 amide bonds. The van der Waals surface area contributed by atoms with Gasteiger partial charge in [-0.25, -0.2) is 9.59 Å². The van der Waals surface area contributed by atoms with E-state index in [2.05, 4.69) is 47.0 Å². The van der Waals surface area contributed by atoms with Crippen LogP contribution in [0.25, 0.3) is 0 Å². The Kier molecular flexibility index (Phi) is 12.3. The summed E-state index contributed by atoms with van der Waals surface area (Å²) in [6.07, 6.45) is 5.16. The lowest BCUT2D eigenvalue weighted by Gasteiger charge is -2.36. The molecule has 52 heavy (non-hydrogen) atoms. The van der Waals surface area contributed by atoms with E-state index in [1.165, 1.54) is 6.08 Å². The highest BCUT2D eigenvalue weighted by Gasteiger charge is 2.69. The van der Waals surface area contributed by atoms with Crippen LogP contribution in [0.15, 0.2) is 36.9 Å². The molecule has 13 nitrogen and oxygen atoms in total. The molecule has 284 valence electrons. The maximum absolute atomic E-state index is 14.8. The number of fused-ring (bicyclic) bond motifs is 2. The summed E-state index contributed by atoms with van der Waals surface area (Å²) in [6.45, 7) is 15.7. The summed E-state index contributed by atoms with van der Waals surface area (Å²) in [5.41, 5.74) is 2.05. The Balaban J connectivity index is 1.37. The molecule has 0 spiro atoms. The third-order valence-corrected chi connectivity index (χ3v) is 11.7. The molecular weight excluding hydrogens is 662 g/mol. The van der Waals surface area contributed by atoms with Crippen molar-refractivity contribution in [3.8, 4) is 0 Å². The van der Waals surface area contributed by atoms with Gasteiger partial charge >= 0.3 is 12.1 Å². The van der Waals surface area contributed by atoms with Gasteiger partial charge in [-0.3, -0.25) is 19.2 Å². The van der Waals surface area contributed by atoms with E-state index in [0.29, 0.717) is 51.9 Å². The maximum Gasteiger partial charge on any atom is 0.317 e. The number of hydrogen-bond donors (Lipinski definition) is 5. The van der Waals surface area contributed by atoms with Crippen LogP contribution in [0.2, 0.25) is 0 Å². The molecule has 0 aromatic heterocycles. The summed E-state index contributed by atoms with van der Waals surface area (Å²) in [4.78, 5) is 84.5. The van der Waals surface area contributed by atoms with Gasteiger partial charge in [-0.15, -0.1) is 6.58 Å². The van der Waals surface area contributed by atoms with Crippen molar-refractivity contribution in [2.24, 2.45) is 29.1 Å². The van der Waals surface area contributed by atoms with Crippen molar-refractivity contribution < 1.29 is 28.8 Å². The van der Waals surface area contributed by atoms with Gasteiger partial charge in [-0.2, -0.15) is 0 Å². The number of piperidine rings is 1. The van der Waals surface area contributed by atoms with E-state index < -0.39 is 41.8 Å². The molecule has 6 atom stereocenters. The standard InChI is InChI=1S/C39H57N7O6/c1-7-9-15-28(33(47)35(49)40-16-8-2)42-34(48)32-30-27(39(30,5)6)21-46(32)36(50)31(26-19-24-13-10-11-14-25(24)20-26)44-37(51)43-29(23(3)4)22-45-18-12-17-41-38(45)52/h8,10-11,13-14,23,26-32H,2,7,9,12,15-22H2,1,3-6H3,(H,40,49)(H,41,52)(H,42,48)(H2,43,44,51)/t27-,28?,29+,30-,31-,32-/m0/s1.